The summed E-state index contributed by atoms with van der Waals surface area (Å²) in [4.78, 5) is 11.0. The molecule has 1 atom stereocenters. The fourth-order valence-electron chi connectivity index (χ4n) is 1.83. The summed E-state index contributed by atoms with van der Waals surface area (Å²) in [6.45, 7) is 0.592. The van der Waals surface area contributed by atoms with E-state index in [-0.39, 0.29) is 11.9 Å². The third kappa shape index (κ3) is 2.67. The molecule has 1 heterocycles. The van der Waals surface area contributed by atoms with Crippen molar-refractivity contribution in [3.63, 3.8) is 0 Å². The van der Waals surface area contributed by atoms with Gasteiger partial charge in [-0.05, 0) is 24.6 Å². The predicted molar refractivity (Wildman–Crippen MR) is 65.2 cm³/mol. The molecule has 0 aliphatic carbocycles. The molecule has 1 unspecified atom stereocenters. The highest BCUT2D eigenvalue weighted by molar-refractivity contribution is 5.77. The summed E-state index contributed by atoms with van der Waals surface area (Å²) >= 11 is 0. The molecule has 0 bridgehead atoms. The number of carbonyl (C=O) groups excluding carboxylic acids is 1. The minimum absolute atomic E-state index is 0.0850. The summed E-state index contributed by atoms with van der Waals surface area (Å²) in [5.74, 6) is 0.0850. The Labute approximate surface area is 99.6 Å². The van der Waals surface area contributed by atoms with Crippen molar-refractivity contribution in [3.05, 3.63) is 23.8 Å². The van der Waals surface area contributed by atoms with Crippen molar-refractivity contribution >= 4 is 17.3 Å². The van der Waals surface area contributed by atoms with Crippen LogP contribution in [-0.2, 0) is 4.79 Å². The monoisotopic (exact) mass is 230 g/mol. The summed E-state index contributed by atoms with van der Waals surface area (Å²) in [5.41, 5.74) is 7.77. The molecule has 1 aromatic carbocycles. The number of nitrogens with one attached hydrogen (secondary N) is 2. The van der Waals surface area contributed by atoms with Crippen molar-refractivity contribution in [2.75, 3.05) is 17.6 Å². The number of nitriles is 1. The fraction of sp³-hybridized carbons (Fsp3) is 0.333. The molecule has 1 amide bonds. The number of rotatable bonds is 2. The Morgan fingerprint density at radius 1 is 1.53 bits per heavy atom. The number of nitrogens with zero attached hydrogens (tertiary/aromatic N) is 1. The molecule has 0 saturated carbocycles. The van der Waals surface area contributed by atoms with Crippen molar-refractivity contribution in [3.8, 4) is 6.07 Å². The van der Waals surface area contributed by atoms with E-state index >= 15 is 0 Å². The number of hydrogen-bond donors (Lipinski definition) is 3. The normalized spacial score (nSPS) is 19.2. The maximum absolute atomic E-state index is 11.0. The molecule has 17 heavy (non-hydrogen) atoms. The van der Waals surface area contributed by atoms with Crippen molar-refractivity contribution in [1.29, 1.82) is 5.26 Å². The van der Waals surface area contributed by atoms with Gasteiger partial charge < -0.3 is 16.4 Å². The molecule has 1 aromatic rings. The Hall–Kier alpha value is -2.22. The number of piperidine rings is 1. The van der Waals surface area contributed by atoms with Crippen molar-refractivity contribution in [2.45, 2.75) is 18.9 Å². The van der Waals surface area contributed by atoms with Gasteiger partial charge in [0.05, 0.1) is 23.0 Å². The second-order valence-corrected chi connectivity index (χ2v) is 4.10. The lowest BCUT2D eigenvalue weighted by molar-refractivity contribution is -0.122. The first-order chi connectivity index (χ1) is 8.19. The van der Waals surface area contributed by atoms with Gasteiger partial charge in [-0.15, -0.1) is 0 Å². The van der Waals surface area contributed by atoms with Crippen molar-refractivity contribution in [2.24, 2.45) is 0 Å². The molecule has 1 saturated heterocycles. The minimum atomic E-state index is 0.0850. The smallest absolute Gasteiger partial charge is 0.220 e. The van der Waals surface area contributed by atoms with E-state index in [1.54, 1.807) is 18.2 Å². The van der Waals surface area contributed by atoms with Crippen LogP contribution in [0, 0.1) is 11.3 Å². The zero-order valence-electron chi connectivity index (χ0n) is 9.36. The molecule has 5 heteroatoms. The van der Waals surface area contributed by atoms with Crippen LogP contribution in [0.3, 0.4) is 0 Å². The van der Waals surface area contributed by atoms with Crippen LogP contribution in [0.1, 0.15) is 18.4 Å². The lowest BCUT2D eigenvalue weighted by Gasteiger charge is -2.25. The second-order valence-electron chi connectivity index (χ2n) is 4.10. The molecule has 1 aliphatic heterocycles. The van der Waals surface area contributed by atoms with Crippen LogP contribution in [0.2, 0.25) is 0 Å². The number of nitrogen functional groups attached to an aromatic ring is 1. The maximum Gasteiger partial charge on any atom is 0.220 e. The lowest BCUT2D eigenvalue weighted by atomic mass is 10.1. The van der Waals surface area contributed by atoms with Crippen LogP contribution >= 0.6 is 0 Å². The highest BCUT2D eigenvalue weighted by Gasteiger charge is 2.18. The van der Waals surface area contributed by atoms with Crippen molar-refractivity contribution < 1.29 is 4.79 Å². The Balaban J connectivity index is 2.08. The Kier molecular flexibility index (Phi) is 3.15. The summed E-state index contributed by atoms with van der Waals surface area (Å²) in [6, 6.07) is 7.37. The number of nitrogens with two attached hydrogens (primary N) is 1. The molecule has 4 N–H and O–H groups in total. The van der Waals surface area contributed by atoms with Gasteiger partial charge in [0.25, 0.3) is 0 Å². The molecule has 1 aliphatic rings. The molecule has 0 radical (unpaired) electrons. The molecular formula is C12H14N4O. The van der Waals surface area contributed by atoms with Gasteiger partial charge in [-0.25, -0.2) is 0 Å². The molecule has 88 valence electrons. The van der Waals surface area contributed by atoms with E-state index in [2.05, 4.69) is 16.7 Å². The van der Waals surface area contributed by atoms with E-state index in [4.69, 9.17) is 11.0 Å². The van der Waals surface area contributed by atoms with E-state index in [0.717, 1.165) is 12.1 Å². The standard InChI is InChI=1S/C12H14N4O/c13-6-8-1-3-10(14)11(5-8)16-9-2-4-12(17)15-7-9/h1,3,5,9,16H,2,4,7,14H2,(H,15,17). The van der Waals surface area contributed by atoms with Gasteiger partial charge in [-0.2, -0.15) is 5.26 Å². The van der Waals surface area contributed by atoms with E-state index < -0.39 is 0 Å². The van der Waals surface area contributed by atoms with Gasteiger partial charge >= 0.3 is 0 Å². The Bertz CT molecular complexity index is 468. The number of carbonyl (C=O) groups is 1. The van der Waals surface area contributed by atoms with Crippen LogP contribution in [0.25, 0.3) is 0 Å². The average molecular weight is 230 g/mol. The fourth-order valence-corrected chi connectivity index (χ4v) is 1.83. The largest absolute Gasteiger partial charge is 0.397 e. The van der Waals surface area contributed by atoms with Gasteiger partial charge in [0, 0.05) is 19.0 Å². The maximum atomic E-state index is 11.0. The number of anilines is 2. The van der Waals surface area contributed by atoms with Crippen LogP contribution in [-0.4, -0.2) is 18.5 Å². The van der Waals surface area contributed by atoms with Gasteiger partial charge in [-0.3, -0.25) is 4.79 Å². The van der Waals surface area contributed by atoms with Crippen LogP contribution in [0.15, 0.2) is 18.2 Å². The predicted octanol–water partition coefficient (Wildman–Crippen LogP) is 0.831. The third-order valence-corrected chi connectivity index (χ3v) is 2.81. The zero-order chi connectivity index (χ0) is 12.3. The number of hydrogen-bond acceptors (Lipinski definition) is 4. The highest BCUT2D eigenvalue weighted by atomic mass is 16.1. The third-order valence-electron chi connectivity index (χ3n) is 2.81. The topological polar surface area (TPSA) is 90.9 Å². The molecule has 1 fully saturated rings. The molecular weight excluding hydrogens is 216 g/mol. The zero-order valence-corrected chi connectivity index (χ0v) is 9.36. The molecule has 0 aromatic heterocycles. The van der Waals surface area contributed by atoms with Gasteiger partial charge in [0.1, 0.15) is 0 Å². The van der Waals surface area contributed by atoms with Crippen LogP contribution < -0.4 is 16.4 Å². The van der Waals surface area contributed by atoms with Gasteiger partial charge in [0.2, 0.25) is 5.91 Å². The first-order valence-corrected chi connectivity index (χ1v) is 5.52. The van der Waals surface area contributed by atoms with E-state index in [0.29, 0.717) is 24.2 Å². The summed E-state index contributed by atoms with van der Waals surface area (Å²) in [7, 11) is 0. The van der Waals surface area contributed by atoms with Crippen molar-refractivity contribution in [1.82, 2.24) is 5.32 Å². The van der Waals surface area contributed by atoms with E-state index in [1.807, 2.05) is 0 Å². The quantitative estimate of drug-likeness (QED) is 0.656. The minimum Gasteiger partial charge on any atom is -0.397 e. The molecule has 0 spiro atoms. The highest BCUT2D eigenvalue weighted by Crippen LogP contribution is 2.22. The summed E-state index contributed by atoms with van der Waals surface area (Å²) < 4.78 is 0. The Morgan fingerprint density at radius 3 is 3.00 bits per heavy atom. The number of amides is 1. The van der Waals surface area contributed by atoms with Gasteiger partial charge in [-0.1, -0.05) is 0 Å². The average Bonchev–Trinajstić information content (AvgIpc) is 2.35. The second kappa shape index (κ2) is 4.74. The SMILES string of the molecule is N#Cc1ccc(N)c(NC2CCC(=O)NC2)c1. The number of benzene rings is 1. The first-order valence-electron chi connectivity index (χ1n) is 5.52. The lowest BCUT2D eigenvalue weighted by Crippen LogP contribution is -2.42. The first kappa shape index (κ1) is 11.3. The van der Waals surface area contributed by atoms with E-state index in [1.165, 1.54) is 0 Å². The summed E-state index contributed by atoms with van der Waals surface area (Å²) in [6.07, 6.45) is 1.30. The van der Waals surface area contributed by atoms with Gasteiger partial charge in [0.15, 0.2) is 0 Å². The van der Waals surface area contributed by atoms with Crippen LogP contribution in [0.4, 0.5) is 11.4 Å². The summed E-state index contributed by atoms with van der Waals surface area (Å²) in [5, 5.41) is 14.9. The Morgan fingerprint density at radius 2 is 2.35 bits per heavy atom. The van der Waals surface area contributed by atoms with Crippen LogP contribution in [0.5, 0.6) is 0 Å². The molecule has 5 nitrogen and oxygen atoms in total. The molecule has 2 rings (SSSR count). The van der Waals surface area contributed by atoms with E-state index in [9.17, 15) is 4.79 Å².